The minimum Gasteiger partial charge on any atom is -0.462 e. The third-order valence-electron chi connectivity index (χ3n) is 2.49. The van der Waals surface area contributed by atoms with Gasteiger partial charge in [-0.2, -0.15) is 0 Å². The molecule has 0 aliphatic carbocycles. The molecule has 0 aromatic rings. The molecule has 0 saturated heterocycles. The van der Waals surface area contributed by atoms with Gasteiger partial charge >= 0.3 is 5.97 Å². The molecule has 0 atom stereocenters. The lowest BCUT2D eigenvalue weighted by molar-refractivity contribution is -0.139. The van der Waals surface area contributed by atoms with Crippen LogP contribution in [-0.2, 0) is 9.53 Å². The van der Waals surface area contributed by atoms with E-state index in [1.165, 1.54) is 25.7 Å². The monoisotopic (exact) mass is 238 g/mol. The summed E-state index contributed by atoms with van der Waals surface area (Å²) in [6, 6.07) is 0. The molecule has 0 spiro atoms. The highest BCUT2D eigenvalue weighted by molar-refractivity contribution is 5.86. The van der Waals surface area contributed by atoms with Crippen LogP contribution in [-0.4, -0.2) is 12.6 Å². The van der Waals surface area contributed by atoms with E-state index in [2.05, 4.69) is 25.7 Å². The fourth-order valence-electron chi connectivity index (χ4n) is 1.40. The van der Waals surface area contributed by atoms with Crippen LogP contribution in [0.25, 0.3) is 0 Å². The Bertz CT molecular complexity index is 241. The standard InChI is InChI=1S/C15H26O2/c1-4-5-6-7-8-9-10-11-12-13-17-15(16)14(2)3/h8-9H,2,4-7,10-13H2,1,3H3/b9-8+. The third-order valence-corrected chi connectivity index (χ3v) is 2.49. The first-order valence-electron chi connectivity index (χ1n) is 6.66. The van der Waals surface area contributed by atoms with E-state index in [1.54, 1.807) is 6.92 Å². The van der Waals surface area contributed by atoms with E-state index in [0.717, 1.165) is 19.3 Å². The van der Waals surface area contributed by atoms with Gasteiger partial charge in [-0.3, -0.25) is 0 Å². The Labute approximate surface area is 106 Å². The van der Waals surface area contributed by atoms with Crippen LogP contribution >= 0.6 is 0 Å². The maximum absolute atomic E-state index is 11.0. The normalized spacial score (nSPS) is 10.7. The van der Waals surface area contributed by atoms with Crippen molar-refractivity contribution in [2.45, 2.75) is 58.8 Å². The maximum atomic E-state index is 11.0. The molecule has 0 saturated carbocycles. The summed E-state index contributed by atoms with van der Waals surface area (Å²) in [5.41, 5.74) is 0.473. The first kappa shape index (κ1) is 16.0. The lowest BCUT2D eigenvalue weighted by Gasteiger charge is -2.02. The van der Waals surface area contributed by atoms with Crippen molar-refractivity contribution in [1.29, 1.82) is 0 Å². The second-order valence-electron chi connectivity index (χ2n) is 4.38. The average molecular weight is 238 g/mol. The fourth-order valence-corrected chi connectivity index (χ4v) is 1.40. The highest BCUT2D eigenvalue weighted by atomic mass is 16.5. The summed E-state index contributed by atoms with van der Waals surface area (Å²) in [6.07, 6.45) is 12.7. The van der Waals surface area contributed by atoms with E-state index in [0.29, 0.717) is 12.2 Å². The minimum absolute atomic E-state index is 0.278. The molecule has 0 bridgehead atoms. The van der Waals surface area contributed by atoms with Gasteiger partial charge in [0.05, 0.1) is 6.61 Å². The smallest absolute Gasteiger partial charge is 0.333 e. The summed E-state index contributed by atoms with van der Waals surface area (Å²) in [5.74, 6) is -0.278. The predicted octanol–water partition coefficient (Wildman–Crippen LogP) is 4.41. The van der Waals surface area contributed by atoms with Gasteiger partial charge in [-0.15, -0.1) is 0 Å². The van der Waals surface area contributed by atoms with Crippen molar-refractivity contribution in [3.63, 3.8) is 0 Å². The highest BCUT2D eigenvalue weighted by Crippen LogP contribution is 2.03. The van der Waals surface area contributed by atoms with E-state index in [4.69, 9.17) is 4.74 Å². The molecule has 0 N–H and O–H groups in total. The van der Waals surface area contributed by atoms with E-state index < -0.39 is 0 Å². The zero-order valence-corrected chi connectivity index (χ0v) is 11.3. The summed E-state index contributed by atoms with van der Waals surface area (Å²) in [6.45, 7) is 7.93. The molecule has 0 aliphatic heterocycles. The molecule has 17 heavy (non-hydrogen) atoms. The summed E-state index contributed by atoms with van der Waals surface area (Å²) >= 11 is 0. The maximum Gasteiger partial charge on any atom is 0.333 e. The van der Waals surface area contributed by atoms with Gasteiger partial charge in [0.15, 0.2) is 0 Å². The SMILES string of the molecule is C=C(C)C(=O)OCCCC/C=C/CCCCC. The van der Waals surface area contributed by atoms with Crippen molar-refractivity contribution < 1.29 is 9.53 Å². The Kier molecular flexibility index (Phi) is 10.7. The van der Waals surface area contributed by atoms with Gasteiger partial charge in [0, 0.05) is 5.57 Å². The molecule has 2 nitrogen and oxygen atoms in total. The van der Waals surface area contributed by atoms with E-state index in [9.17, 15) is 4.79 Å². The van der Waals surface area contributed by atoms with Crippen molar-refractivity contribution in [1.82, 2.24) is 0 Å². The van der Waals surface area contributed by atoms with Gasteiger partial charge in [-0.1, -0.05) is 38.5 Å². The summed E-state index contributed by atoms with van der Waals surface area (Å²) in [5, 5.41) is 0. The number of hydrogen-bond donors (Lipinski definition) is 0. The predicted molar refractivity (Wildman–Crippen MR) is 72.9 cm³/mol. The van der Waals surface area contributed by atoms with Crippen molar-refractivity contribution in [2.75, 3.05) is 6.61 Å². The quantitative estimate of drug-likeness (QED) is 0.244. The van der Waals surface area contributed by atoms with Crippen LogP contribution < -0.4 is 0 Å². The molecule has 0 amide bonds. The van der Waals surface area contributed by atoms with Crippen molar-refractivity contribution in [3.8, 4) is 0 Å². The molecule has 0 unspecified atom stereocenters. The second kappa shape index (κ2) is 11.4. The number of hydrogen-bond acceptors (Lipinski definition) is 2. The Balaban J connectivity index is 3.23. The van der Waals surface area contributed by atoms with Crippen LogP contribution in [0.5, 0.6) is 0 Å². The zero-order valence-electron chi connectivity index (χ0n) is 11.3. The van der Waals surface area contributed by atoms with E-state index >= 15 is 0 Å². The number of carbonyl (C=O) groups excluding carboxylic acids is 1. The Morgan fingerprint density at radius 2 is 1.71 bits per heavy atom. The molecule has 0 aromatic heterocycles. The third kappa shape index (κ3) is 11.2. The summed E-state index contributed by atoms with van der Waals surface area (Å²) in [4.78, 5) is 11.0. The van der Waals surface area contributed by atoms with Gasteiger partial charge < -0.3 is 4.74 Å². The second-order valence-corrected chi connectivity index (χ2v) is 4.38. The van der Waals surface area contributed by atoms with Gasteiger partial charge in [-0.05, 0) is 39.0 Å². The number of unbranched alkanes of at least 4 members (excludes halogenated alkanes) is 5. The van der Waals surface area contributed by atoms with Crippen molar-refractivity contribution >= 4 is 5.97 Å². The van der Waals surface area contributed by atoms with Gasteiger partial charge in [0.2, 0.25) is 0 Å². The molecule has 2 heteroatoms. The lowest BCUT2D eigenvalue weighted by Crippen LogP contribution is -2.05. The van der Waals surface area contributed by atoms with Crippen LogP contribution in [0.2, 0.25) is 0 Å². The van der Waals surface area contributed by atoms with E-state index in [1.807, 2.05) is 0 Å². The molecular formula is C15H26O2. The molecule has 0 heterocycles. The summed E-state index contributed by atoms with van der Waals surface area (Å²) < 4.78 is 5.00. The number of rotatable bonds is 10. The van der Waals surface area contributed by atoms with Gasteiger partial charge in [-0.25, -0.2) is 4.79 Å². The zero-order chi connectivity index (χ0) is 12.9. The Morgan fingerprint density at radius 3 is 2.24 bits per heavy atom. The first-order chi connectivity index (χ1) is 8.18. The molecule has 0 rings (SSSR count). The van der Waals surface area contributed by atoms with Gasteiger partial charge in [0.1, 0.15) is 0 Å². The number of allylic oxidation sites excluding steroid dienone is 2. The van der Waals surface area contributed by atoms with E-state index in [-0.39, 0.29) is 5.97 Å². The molecule has 0 aliphatic rings. The Hall–Kier alpha value is -1.05. The van der Waals surface area contributed by atoms with Crippen molar-refractivity contribution in [2.24, 2.45) is 0 Å². The first-order valence-corrected chi connectivity index (χ1v) is 6.66. The number of esters is 1. The average Bonchev–Trinajstić information content (AvgIpc) is 2.31. The topological polar surface area (TPSA) is 26.3 Å². The largest absolute Gasteiger partial charge is 0.462 e. The fraction of sp³-hybridized carbons (Fsp3) is 0.667. The van der Waals surface area contributed by atoms with Crippen LogP contribution in [0.1, 0.15) is 58.8 Å². The molecular weight excluding hydrogens is 212 g/mol. The molecule has 0 aromatic carbocycles. The number of carbonyl (C=O) groups is 1. The molecule has 0 radical (unpaired) electrons. The van der Waals surface area contributed by atoms with Crippen LogP contribution in [0, 0.1) is 0 Å². The van der Waals surface area contributed by atoms with Crippen molar-refractivity contribution in [3.05, 3.63) is 24.3 Å². The minimum atomic E-state index is -0.278. The lowest BCUT2D eigenvalue weighted by atomic mass is 10.1. The van der Waals surface area contributed by atoms with Crippen LogP contribution in [0.15, 0.2) is 24.3 Å². The van der Waals surface area contributed by atoms with Crippen LogP contribution in [0.4, 0.5) is 0 Å². The highest BCUT2D eigenvalue weighted by Gasteiger charge is 2.00. The number of ether oxygens (including phenoxy) is 1. The van der Waals surface area contributed by atoms with Crippen LogP contribution in [0.3, 0.4) is 0 Å². The summed E-state index contributed by atoms with van der Waals surface area (Å²) in [7, 11) is 0. The molecule has 0 fully saturated rings. The molecule has 98 valence electrons. The Morgan fingerprint density at radius 1 is 1.12 bits per heavy atom. The van der Waals surface area contributed by atoms with Gasteiger partial charge in [0.25, 0.3) is 0 Å².